The predicted molar refractivity (Wildman–Crippen MR) is 86.5 cm³/mol. The molecule has 22 heavy (non-hydrogen) atoms. The minimum atomic E-state index is 0.489. The number of fused-ring (bicyclic) bond motifs is 1. The van der Waals surface area contributed by atoms with E-state index in [-0.39, 0.29) is 0 Å². The number of aromatic nitrogens is 4. The van der Waals surface area contributed by atoms with E-state index in [1.54, 1.807) is 6.20 Å². The van der Waals surface area contributed by atoms with Crippen molar-refractivity contribution < 1.29 is 0 Å². The Balaban J connectivity index is 1.83. The molecule has 4 rings (SSSR count). The summed E-state index contributed by atoms with van der Waals surface area (Å²) in [5.41, 5.74) is 10.9. The maximum absolute atomic E-state index is 5.81. The summed E-state index contributed by atoms with van der Waals surface area (Å²) in [6.45, 7) is 0.489. The summed E-state index contributed by atoms with van der Waals surface area (Å²) >= 11 is 0. The van der Waals surface area contributed by atoms with Crippen molar-refractivity contribution in [1.29, 1.82) is 0 Å². The van der Waals surface area contributed by atoms with Crippen molar-refractivity contribution >= 4 is 11.0 Å². The molecule has 3 aromatic heterocycles. The lowest BCUT2D eigenvalue weighted by atomic mass is 10.1. The van der Waals surface area contributed by atoms with Crippen LogP contribution in [0.25, 0.3) is 27.8 Å². The molecule has 3 N–H and O–H groups in total. The van der Waals surface area contributed by atoms with Crippen molar-refractivity contribution in [3.63, 3.8) is 0 Å². The van der Waals surface area contributed by atoms with Crippen molar-refractivity contribution in [2.24, 2.45) is 5.73 Å². The highest BCUT2D eigenvalue weighted by Crippen LogP contribution is 2.27. The van der Waals surface area contributed by atoms with Gasteiger partial charge in [0.2, 0.25) is 0 Å². The van der Waals surface area contributed by atoms with Gasteiger partial charge in [0.25, 0.3) is 0 Å². The second kappa shape index (κ2) is 5.13. The van der Waals surface area contributed by atoms with Gasteiger partial charge in [0.05, 0.1) is 11.9 Å². The molecule has 0 saturated heterocycles. The molecule has 1 aromatic carbocycles. The molecular weight excluding hydrogens is 274 g/mol. The van der Waals surface area contributed by atoms with Gasteiger partial charge in [-0.2, -0.15) is 5.10 Å². The van der Waals surface area contributed by atoms with Crippen LogP contribution < -0.4 is 5.73 Å². The number of nitrogens with one attached hydrogen (secondary N) is 1. The quantitative estimate of drug-likeness (QED) is 0.609. The van der Waals surface area contributed by atoms with Crippen LogP contribution in [-0.2, 0) is 6.54 Å². The topological polar surface area (TPSA) is 72.5 Å². The van der Waals surface area contributed by atoms with Crippen LogP contribution in [0.2, 0.25) is 0 Å². The Morgan fingerprint density at radius 3 is 2.95 bits per heavy atom. The highest BCUT2D eigenvalue weighted by molar-refractivity contribution is 5.92. The van der Waals surface area contributed by atoms with Gasteiger partial charge in [-0.3, -0.25) is 0 Å². The highest BCUT2D eigenvalue weighted by Gasteiger charge is 2.09. The second-order valence-electron chi connectivity index (χ2n) is 5.10. The third kappa shape index (κ3) is 1.99. The molecule has 0 aliphatic heterocycles. The van der Waals surface area contributed by atoms with Crippen LogP contribution in [0.15, 0.2) is 61.2 Å². The van der Waals surface area contributed by atoms with Crippen LogP contribution in [0.5, 0.6) is 0 Å². The number of para-hydroxylation sites is 1. The maximum atomic E-state index is 5.81. The van der Waals surface area contributed by atoms with Crippen LogP contribution >= 0.6 is 0 Å². The van der Waals surface area contributed by atoms with Crippen LogP contribution in [0, 0.1) is 0 Å². The molecule has 0 atom stereocenters. The fourth-order valence-electron chi connectivity index (χ4n) is 2.71. The summed E-state index contributed by atoms with van der Waals surface area (Å²) in [7, 11) is 0. The first kappa shape index (κ1) is 12.8. The molecule has 3 heterocycles. The minimum Gasteiger partial charge on any atom is -0.346 e. The standard InChI is InChI=1S/C17H15N5/c18-9-12-3-1-2-4-16(12)22-11-13(10-21-22)14-5-7-19-17-15(14)6-8-20-17/h1-8,10-11H,9,18H2,(H,19,20). The Hall–Kier alpha value is -2.92. The number of H-pyrrole nitrogens is 1. The van der Waals surface area contributed by atoms with E-state index in [4.69, 9.17) is 5.73 Å². The molecule has 5 heteroatoms. The molecule has 0 fully saturated rings. The molecule has 0 radical (unpaired) electrons. The van der Waals surface area contributed by atoms with Crippen LogP contribution in [0.3, 0.4) is 0 Å². The van der Waals surface area contributed by atoms with E-state index in [1.807, 2.05) is 59.7 Å². The summed E-state index contributed by atoms with van der Waals surface area (Å²) < 4.78 is 1.87. The normalized spacial score (nSPS) is 11.1. The van der Waals surface area contributed by atoms with Crippen LogP contribution in [-0.4, -0.2) is 19.7 Å². The first-order valence-electron chi connectivity index (χ1n) is 7.12. The lowest BCUT2D eigenvalue weighted by molar-refractivity contribution is 0.859. The maximum Gasteiger partial charge on any atom is 0.137 e. The SMILES string of the molecule is NCc1ccccc1-n1cc(-c2ccnc3[nH]ccc23)cn1. The van der Waals surface area contributed by atoms with Crippen LogP contribution in [0.1, 0.15) is 5.56 Å². The predicted octanol–water partition coefficient (Wildman–Crippen LogP) is 2.87. The molecule has 0 aliphatic carbocycles. The number of hydrogen-bond donors (Lipinski definition) is 2. The first-order chi connectivity index (χ1) is 10.9. The van der Waals surface area contributed by atoms with E-state index < -0.39 is 0 Å². The molecular formula is C17H15N5. The number of aromatic amines is 1. The van der Waals surface area contributed by atoms with E-state index in [9.17, 15) is 0 Å². The summed E-state index contributed by atoms with van der Waals surface area (Å²) in [5.74, 6) is 0. The third-order valence-electron chi connectivity index (χ3n) is 3.81. The zero-order chi connectivity index (χ0) is 14.9. The van der Waals surface area contributed by atoms with Gasteiger partial charge < -0.3 is 10.7 Å². The zero-order valence-electron chi connectivity index (χ0n) is 11.9. The monoisotopic (exact) mass is 289 g/mol. The first-order valence-corrected chi connectivity index (χ1v) is 7.12. The van der Waals surface area contributed by atoms with Crippen LogP contribution in [0.4, 0.5) is 0 Å². The Labute approximate surface area is 127 Å². The molecule has 4 aromatic rings. The zero-order valence-corrected chi connectivity index (χ0v) is 11.9. The molecule has 0 amide bonds. The number of nitrogens with zero attached hydrogens (tertiary/aromatic N) is 3. The number of nitrogens with two attached hydrogens (primary N) is 1. The summed E-state index contributed by atoms with van der Waals surface area (Å²) in [4.78, 5) is 7.45. The minimum absolute atomic E-state index is 0.489. The van der Waals surface area contributed by atoms with E-state index in [0.29, 0.717) is 6.54 Å². The average Bonchev–Trinajstić information content (AvgIpc) is 3.23. The van der Waals surface area contributed by atoms with Crippen molar-refractivity contribution in [2.75, 3.05) is 0 Å². The Morgan fingerprint density at radius 1 is 1.14 bits per heavy atom. The molecule has 5 nitrogen and oxygen atoms in total. The van der Waals surface area contributed by atoms with Gasteiger partial charge >= 0.3 is 0 Å². The third-order valence-corrected chi connectivity index (χ3v) is 3.81. The molecule has 0 bridgehead atoms. The average molecular weight is 289 g/mol. The number of rotatable bonds is 3. The number of hydrogen-bond acceptors (Lipinski definition) is 3. The van der Waals surface area contributed by atoms with Gasteiger partial charge in [0.15, 0.2) is 0 Å². The smallest absolute Gasteiger partial charge is 0.137 e. The Morgan fingerprint density at radius 2 is 2.05 bits per heavy atom. The van der Waals surface area contributed by atoms with Crippen molar-refractivity contribution in [3.8, 4) is 16.8 Å². The summed E-state index contributed by atoms with van der Waals surface area (Å²) in [5, 5.41) is 5.58. The molecule has 0 saturated carbocycles. The van der Waals surface area contributed by atoms with Gasteiger partial charge in [-0.1, -0.05) is 18.2 Å². The van der Waals surface area contributed by atoms with E-state index >= 15 is 0 Å². The van der Waals surface area contributed by atoms with Crippen molar-refractivity contribution in [2.45, 2.75) is 6.54 Å². The summed E-state index contributed by atoms with van der Waals surface area (Å²) in [6.07, 6.45) is 7.60. The van der Waals surface area contributed by atoms with Gasteiger partial charge in [-0.25, -0.2) is 9.67 Å². The van der Waals surface area contributed by atoms with Crippen molar-refractivity contribution in [1.82, 2.24) is 19.7 Å². The van der Waals surface area contributed by atoms with Gasteiger partial charge in [0, 0.05) is 36.1 Å². The van der Waals surface area contributed by atoms with E-state index in [2.05, 4.69) is 15.1 Å². The fraction of sp³-hybridized carbons (Fsp3) is 0.0588. The van der Waals surface area contributed by atoms with E-state index in [1.165, 1.54) is 0 Å². The van der Waals surface area contributed by atoms with Gasteiger partial charge in [-0.05, 0) is 29.3 Å². The van der Waals surface area contributed by atoms with Crippen molar-refractivity contribution in [3.05, 3.63) is 66.7 Å². The molecule has 0 aliphatic rings. The lowest BCUT2D eigenvalue weighted by Crippen LogP contribution is -2.04. The molecule has 0 unspecified atom stereocenters. The van der Waals surface area contributed by atoms with E-state index in [0.717, 1.165) is 33.4 Å². The number of benzene rings is 1. The summed E-state index contributed by atoms with van der Waals surface area (Å²) in [6, 6.07) is 12.1. The second-order valence-corrected chi connectivity index (χ2v) is 5.10. The Kier molecular flexibility index (Phi) is 2.98. The Bertz CT molecular complexity index is 935. The highest BCUT2D eigenvalue weighted by atomic mass is 15.3. The lowest BCUT2D eigenvalue weighted by Gasteiger charge is -2.06. The molecule has 108 valence electrons. The molecule has 0 spiro atoms. The van der Waals surface area contributed by atoms with Gasteiger partial charge in [0.1, 0.15) is 5.65 Å². The largest absolute Gasteiger partial charge is 0.346 e. The fourth-order valence-corrected chi connectivity index (χ4v) is 2.71. The number of pyridine rings is 1. The van der Waals surface area contributed by atoms with Gasteiger partial charge in [-0.15, -0.1) is 0 Å².